The van der Waals surface area contributed by atoms with Crippen LogP contribution in [0.3, 0.4) is 0 Å². The van der Waals surface area contributed by atoms with Crippen LogP contribution in [-0.2, 0) is 4.74 Å². The van der Waals surface area contributed by atoms with Crippen LogP contribution in [0.1, 0.15) is 36.5 Å². The smallest absolute Gasteiger partial charge is 0.253 e. The number of ether oxygens (including phenoxy) is 2. The summed E-state index contributed by atoms with van der Waals surface area (Å²) in [5, 5.41) is 0. The zero-order valence-electron chi connectivity index (χ0n) is 15.5. The van der Waals surface area contributed by atoms with E-state index in [1.54, 1.807) is 7.11 Å². The number of methoxy groups -OCH3 is 1. The molecule has 0 radical (unpaired) electrons. The van der Waals surface area contributed by atoms with E-state index >= 15 is 0 Å². The van der Waals surface area contributed by atoms with E-state index in [1.807, 2.05) is 29.2 Å². The maximum Gasteiger partial charge on any atom is 0.253 e. The molecule has 25 heavy (non-hydrogen) atoms. The molecule has 0 saturated carbocycles. The summed E-state index contributed by atoms with van der Waals surface area (Å²) < 4.78 is 10.7. The van der Waals surface area contributed by atoms with Gasteiger partial charge in [-0.15, -0.1) is 0 Å². The van der Waals surface area contributed by atoms with Crippen molar-refractivity contribution in [3.63, 3.8) is 0 Å². The van der Waals surface area contributed by atoms with Crippen LogP contribution in [-0.4, -0.2) is 68.8 Å². The van der Waals surface area contributed by atoms with Gasteiger partial charge in [-0.05, 0) is 55.5 Å². The Kier molecular flexibility index (Phi) is 5.97. The zero-order chi connectivity index (χ0) is 17.7. The summed E-state index contributed by atoms with van der Waals surface area (Å²) in [7, 11) is 1.64. The fourth-order valence-electron chi connectivity index (χ4n) is 3.81. The van der Waals surface area contributed by atoms with Gasteiger partial charge in [0.1, 0.15) is 5.75 Å². The minimum Gasteiger partial charge on any atom is -0.497 e. The minimum atomic E-state index is 0.127. The molecule has 2 aliphatic rings. The molecule has 3 rings (SSSR count). The molecule has 0 unspecified atom stereocenters. The fraction of sp³-hybridized carbons (Fsp3) is 0.650. The Hall–Kier alpha value is -1.59. The Morgan fingerprint density at radius 2 is 1.84 bits per heavy atom. The van der Waals surface area contributed by atoms with Gasteiger partial charge >= 0.3 is 0 Å². The van der Waals surface area contributed by atoms with E-state index in [2.05, 4.69) is 11.8 Å². The van der Waals surface area contributed by atoms with Crippen molar-refractivity contribution >= 4 is 5.91 Å². The number of rotatable bonds is 4. The molecule has 1 aromatic rings. The highest BCUT2D eigenvalue weighted by Crippen LogP contribution is 2.31. The maximum atomic E-state index is 12.8. The molecule has 2 fully saturated rings. The van der Waals surface area contributed by atoms with Gasteiger partial charge < -0.3 is 19.3 Å². The lowest BCUT2D eigenvalue weighted by Gasteiger charge is -2.38. The van der Waals surface area contributed by atoms with Gasteiger partial charge in [0.05, 0.1) is 7.11 Å². The molecule has 2 saturated heterocycles. The Bertz CT molecular complexity index is 567. The quantitative estimate of drug-likeness (QED) is 0.841. The van der Waals surface area contributed by atoms with Crippen LogP contribution in [0.2, 0.25) is 0 Å². The SMILES string of the molecule is COc1ccc(C(=O)N2CCCN(CC3(C)CCOCC3)CC2)cc1. The third-order valence-electron chi connectivity index (χ3n) is 5.52. The zero-order valence-corrected chi connectivity index (χ0v) is 15.5. The molecule has 1 aromatic carbocycles. The Labute approximate surface area is 150 Å². The average molecular weight is 346 g/mol. The van der Waals surface area contributed by atoms with Gasteiger partial charge in [-0.2, -0.15) is 0 Å². The van der Waals surface area contributed by atoms with Crippen LogP contribution in [0.5, 0.6) is 5.75 Å². The molecule has 0 spiro atoms. The summed E-state index contributed by atoms with van der Waals surface area (Å²) in [4.78, 5) is 17.3. The highest BCUT2D eigenvalue weighted by atomic mass is 16.5. The van der Waals surface area contributed by atoms with E-state index in [0.29, 0.717) is 5.41 Å². The second-order valence-corrected chi connectivity index (χ2v) is 7.57. The van der Waals surface area contributed by atoms with E-state index in [4.69, 9.17) is 9.47 Å². The van der Waals surface area contributed by atoms with Crippen molar-refractivity contribution in [1.82, 2.24) is 9.80 Å². The molecule has 2 heterocycles. The second-order valence-electron chi connectivity index (χ2n) is 7.57. The number of carbonyl (C=O) groups is 1. The van der Waals surface area contributed by atoms with Crippen molar-refractivity contribution in [3.8, 4) is 5.75 Å². The topological polar surface area (TPSA) is 42.0 Å². The lowest BCUT2D eigenvalue weighted by molar-refractivity contribution is 0.00570. The number of amides is 1. The molecule has 0 bridgehead atoms. The van der Waals surface area contributed by atoms with E-state index < -0.39 is 0 Å². The molecule has 0 aromatic heterocycles. The Morgan fingerprint density at radius 3 is 2.52 bits per heavy atom. The third-order valence-corrected chi connectivity index (χ3v) is 5.52. The molecule has 138 valence electrons. The molecular formula is C20H30N2O3. The molecule has 0 aliphatic carbocycles. The fourth-order valence-corrected chi connectivity index (χ4v) is 3.81. The average Bonchev–Trinajstić information content (AvgIpc) is 2.87. The molecule has 5 heteroatoms. The first-order chi connectivity index (χ1) is 12.1. The van der Waals surface area contributed by atoms with Crippen molar-refractivity contribution < 1.29 is 14.3 Å². The number of nitrogens with zero attached hydrogens (tertiary/aromatic N) is 2. The van der Waals surface area contributed by atoms with Crippen LogP contribution < -0.4 is 4.74 Å². The summed E-state index contributed by atoms with van der Waals surface area (Å²) >= 11 is 0. The maximum absolute atomic E-state index is 12.8. The van der Waals surface area contributed by atoms with Gasteiger partial charge in [-0.1, -0.05) is 6.92 Å². The van der Waals surface area contributed by atoms with Crippen LogP contribution in [0, 0.1) is 5.41 Å². The van der Waals surface area contributed by atoms with E-state index in [-0.39, 0.29) is 5.91 Å². The largest absolute Gasteiger partial charge is 0.497 e. The lowest BCUT2D eigenvalue weighted by Crippen LogP contribution is -2.41. The lowest BCUT2D eigenvalue weighted by atomic mass is 9.82. The number of carbonyl (C=O) groups excluding carboxylic acids is 1. The van der Waals surface area contributed by atoms with Gasteiger partial charge in [0, 0.05) is 45.0 Å². The summed E-state index contributed by atoms with van der Waals surface area (Å²) in [5.74, 6) is 0.907. The molecule has 1 amide bonds. The van der Waals surface area contributed by atoms with Crippen molar-refractivity contribution in [2.45, 2.75) is 26.2 Å². The van der Waals surface area contributed by atoms with Gasteiger partial charge in [0.25, 0.3) is 5.91 Å². The molecule has 0 atom stereocenters. The Morgan fingerprint density at radius 1 is 1.12 bits per heavy atom. The van der Waals surface area contributed by atoms with E-state index in [9.17, 15) is 4.79 Å². The normalized spacial score (nSPS) is 21.6. The summed E-state index contributed by atoms with van der Waals surface area (Å²) in [5.41, 5.74) is 1.10. The number of hydrogen-bond donors (Lipinski definition) is 0. The predicted octanol–water partition coefficient (Wildman–Crippen LogP) is 2.66. The van der Waals surface area contributed by atoms with Gasteiger partial charge in [0.15, 0.2) is 0 Å². The van der Waals surface area contributed by atoms with Crippen LogP contribution >= 0.6 is 0 Å². The highest BCUT2D eigenvalue weighted by molar-refractivity contribution is 5.94. The van der Waals surface area contributed by atoms with Gasteiger partial charge in [-0.25, -0.2) is 0 Å². The number of benzene rings is 1. The molecule has 5 nitrogen and oxygen atoms in total. The van der Waals surface area contributed by atoms with Gasteiger partial charge in [-0.3, -0.25) is 4.79 Å². The van der Waals surface area contributed by atoms with Crippen molar-refractivity contribution in [1.29, 1.82) is 0 Å². The summed E-state index contributed by atoms with van der Waals surface area (Å²) in [6.07, 6.45) is 3.31. The standard InChI is InChI=1S/C20H30N2O3/c1-20(8-14-25-15-9-20)16-21-10-3-11-22(13-12-21)19(23)17-4-6-18(24-2)7-5-17/h4-7H,3,8-16H2,1-2H3. The minimum absolute atomic E-state index is 0.127. The van der Waals surface area contributed by atoms with Crippen LogP contribution in [0.15, 0.2) is 24.3 Å². The second kappa shape index (κ2) is 8.19. The van der Waals surface area contributed by atoms with Crippen molar-refractivity contribution in [2.75, 3.05) is 53.0 Å². The van der Waals surface area contributed by atoms with Crippen molar-refractivity contribution in [2.24, 2.45) is 5.41 Å². The monoisotopic (exact) mass is 346 g/mol. The summed E-state index contributed by atoms with van der Waals surface area (Å²) in [6.45, 7) is 8.92. The predicted molar refractivity (Wildman–Crippen MR) is 98.1 cm³/mol. The van der Waals surface area contributed by atoms with Gasteiger partial charge in [0.2, 0.25) is 0 Å². The van der Waals surface area contributed by atoms with Crippen LogP contribution in [0.4, 0.5) is 0 Å². The third kappa shape index (κ3) is 4.73. The van der Waals surface area contributed by atoms with E-state index in [0.717, 1.165) is 76.5 Å². The number of hydrogen-bond acceptors (Lipinski definition) is 4. The van der Waals surface area contributed by atoms with Crippen molar-refractivity contribution in [3.05, 3.63) is 29.8 Å². The molecule has 2 aliphatic heterocycles. The summed E-state index contributed by atoms with van der Waals surface area (Å²) in [6, 6.07) is 7.41. The molecule has 0 N–H and O–H groups in total. The Balaban J connectivity index is 1.56. The first-order valence-corrected chi connectivity index (χ1v) is 9.33. The first-order valence-electron chi connectivity index (χ1n) is 9.33. The van der Waals surface area contributed by atoms with E-state index in [1.165, 1.54) is 0 Å². The highest BCUT2D eigenvalue weighted by Gasteiger charge is 2.30. The first kappa shape index (κ1) is 18.2. The van der Waals surface area contributed by atoms with Crippen LogP contribution in [0.25, 0.3) is 0 Å². The molecular weight excluding hydrogens is 316 g/mol.